The number of carbonyl (C=O) groups excluding carboxylic acids is 1. The van der Waals surface area contributed by atoms with Crippen LogP contribution in [-0.4, -0.2) is 53.5 Å². The highest BCUT2D eigenvalue weighted by Gasteiger charge is 2.61. The summed E-state index contributed by atoms with van der Waals surface area (Å²) in [6, 6.07) is -0.103. The van der Waals surface area contributed by atoms with Gasteiger partial charge in [0.2, 0.25) is 0 Å². The van der Waals surface area contributed by atoms with Crippen LogP contribution in [0.1, 0.15) is 46.5 Å². The van der Waals surface area contributed by atoms with Crippen molar-refractivity contribution in [1.29, 1.82) is 0 Å². The van der Waals surface area contributed by atoms with E-state index in [2.05, 4.69) is 0 Å². The van der Waals surface area contributed by atoms with Crippen molar-refractivity contribution in [3.8, 4) is 0 Å². The fraction of sp³-hybridized carbons (Fsp3) is 0.867. The van der Waals surface area contributed by atoms with Crippen LogP contribution < -0.4 is 0 Å². The minimum Gasteiger partial charge on any atom is -0.479 e. The Morgan fingerprint density at radius 1 is 1.33 bits per heavy atom. The van der Waals surface area contributed by atoms with E-state index in [1.165, 1.54) is 7.11 Å². The van der Waals surface area contributed by atoms with Gasteiger partial charge in [0.25, 0.3) is 0 Å². The number of amides is 1. The number of nitrogens with zero attached hydrogens (tertiary/aromatic N) is 1. The lowest BCUT2D eigenvalue weighted by atomic mass is 9.88. The van der Waals surface area contributed by atoms with Gasteiger partial charge >= 0.3 is 12.1 Å². The van der Waals surface area contributed by atoms with E-state index in [1.807, 2.05) is 20.8 Å². The summed E-state index contributed by atoms with van der Waals surface area (Å²) < 4.78 is 10.6. The van der Waals surface area contributed by atoms with Gasteiger partial charge in [0.05, 0.1) is 0 Å². The molecule has 0 aromatic rings. The van der Waals surface area contributed by atoms with E-state index in [0.717, 1.165) is 25.7 Å². The van der Waals surface area contributed by atoms with Gasteiger partial charge in [-0.1, -0.05) is 0 Å². The summed E-state index contributed by atoms with van der Waals surface area (Å²) >= 11 is 0. The highest BCUT2D eigenvalue weighted by atomic mass is 16.6. The smallest absolute Gasteiger partial charge is 0.410 e. The predicted octanol–water partition coefficient (Wildman–Crippen LogP) is 2.27. The first-order chi connectivity index (χ1) is 9.71. The Morgan fingerprint density at radius 2 is 1.95 bits per heavy atom. The first kappa shape index (κ1) is 16.1. The molecule has 1 amide bonds. The molecular weight excluding hydrogens is 274 g/mol. The number of methoxy groups -OCH3 is 1. The molecular formula is C15H25NO5. The highest BCUT2D eigenvalue weighted by Crippen LogP contribution is 2.56. The van der Waals surface area contributed by atoms with Crippen LogP contribution in [0.3, 0.4) is 0 Å². The average molecular weight is 299 g/mol. The molecule has 1 aliphatic carbocycles. The number of carboxylic acid groups (broad SMARTS) is 1. The Bertz CT molecular complexity index is 424. The fourth-order valence-electron chi connectivity index (χ4n) is 3.40. The Hall–Kier alpha value is -1.30. The summed E-state index contributed by atoms with van der Waals surface area (Å²) in [7, 11) is 1.42. The Kier molecular flexibility index (Phi) is 4.19. The van der Waals surface area contributed by atoms with Crippen molar-refractivity contribution in [3.05, 3.63) is 0 Å². The van der Waals surface area contributed by atoms with Gasteiger partial charge in [0, 0.05) is 25.1 Å². The third-order valence-electron chi connectivity index (χ3n) is 4.35. The molecule has 6 nitrogen and oxygen atoms in total. The number of aliphatic carboxylic acids is 1. The topological polar surface area (TPSA) is 76.1 Å². The zero-order valence-electron chi connectivity index (χ0n) is 13.2. The summed E-state index contributed by atoms with van der Waals surface area (Å²) in [4.78, 5) is 25.5. The number of carbonyl (C=O) groups is 2. The molecule has 120 valence electrons. The predicted molar refractivity (Wildman–Crippen MR) is 76.1 cm³/mol. The Morgan fingerprint density at radius 3 is 2.38 bits per heavy atom. The molecule has 1 saturated carbocycles. The molecule has 0 aromatic heterocycles. The van der Waals surface area contributed by atoms with Crippen LogP contribution in [0.5, 0.6) is 0 Å². The van der Waals surface area contributed by atoms with Crippen molar-refractivity contribution < 1.29 is 24.2 Å². The van der Waals surface area contributed by atoms with Crippen molar-refractivity contribution in [2.45, 2.75) is 64.2 Å². The molecule has 2 aliphatic rings. The van der Waals surface area contributed by atoms with E-state index in [0.29, 0.717) is 6.54 Å². The number of hydrogen-bond acceptors (Lipinski definition) is 4. The maximum Gasteiger partial charge on any atom is 0.410 e. The number of rotatable bonds is 4. The fourth-order valence-corrected chi connectivity index (χ4v) is 3.40. The molecule has 2 rings (SSSR count). The van der Waals surface area contributed by atoms with Crippen LogP contribution in [0.2, 0.25) is 0 Å². The van der Waals surface area contributed by atoms with Crippen LogP contribution in [0.15, 0.2) is 0 Å². The Balaban J connectivity index is 2.15. The minimum absolute atomic E-state index is 0.103. The first-order valence-corrected chi connectivity index (χ1v) is 7.46. The van der Waals surface area contributed by atoms with E-state index in [4.69, 9.17) is 9.47 Å². The van der Waals surface area contributed by atoms with E-state index in [1.54, 1.807) is 4.90 Å². The molecule has 21 heavy (non-hydrogen) atoms. The van der Waals surface area contributed by atoms with Crippen molar-refractivity contribution >= 4 is 12.1 Å². The standard InChI is InChI=1S/C15H25NO5/c1-14(2,3)21-13(19)16-9-5-6-10(16)15(7-8-15)11(20-4)12(17)18/h10-11H,5-9H2,1-4H3,(H,17,18). The van der Waals surface area contributed by atoms with E-state index >= 15 is 0 Å². The van der Waals surface area contributed by atoms with Gasteiger partial charge in [-0.2, -0.15) is 0 Å². The average Bonchev–Trinajstić information content (AvgIpc) is 2.97. The molecule has 1 saturated heterocycles. The second-order valence-electron chi connectivity index (χ2n) is 7.02. The normalized spacial score (nSPS) is 25.5. The van der Waals surface area contributed by atoms with Gasteiger partial charge in [-0.05, 0) is 46.5 Å². The van der Waals surface area contributed by atoms with Gasteiger partial charge in [0.1, 0.15) is 5.60 Å². The van der Waals surface area contributed by atoms with Crippen LogP contribution in [0.25, 0.3) is 0 Å². The Labute approximate surface area is 125 Å². The van der Waals surface area contributed by atoms with Gasteiger partial charge in [-0.15, -0.1) is 0 Å². The summed E-state index contributed by atoms with van der Waals surface area (Å²) in [5, 5.41) is 9.36. The molecule has 0 radical (unpaired) electrons. The molecule has 0 spiro atoms. The third-order valence-corrected chi connectivity index (χ3v) is 4.35. The molecule has 2 unspecified atom stereocenters. The summed E-state index contributed by atoms with van der Waals surface area (Å²) in [5.74, 6) is -0.953. The molecule has 1 N–H and O–H groups in total. The van der Waals surface area contributed by atoms with Gasteiger partial charge in [-0.25, -0.2) is 9.59 Å². The summed E-state index contributed by atoms with van der Waals surface area (Å²) in [5.41, 5.74) is -0.998. The second kappa shape index (κ2) is 5.48. The van der Waals surface area contributed by atoms with E-state index in [9.17, 15) is 14.7 Å². The van der Waals surface area contributed by atoms with Crippen LogP contribution in [0.4, 0.5) is 4.79 Å². The van der Waals surface area contributed by atoms with Crippen LogP contribution >= 0.6 is 0 Å². The van der Waals surface area contributed by atoms with E-state index < -0.39 is 23.1 Å². The quantitative estimate of drug-likeness (QED) is 0.861. The van der Waals surface area contributed by atoms with Crippen LogP contribution in [0, 0.1) is 5.41 Å². The molecule has 6 heteroatoms. The summed E-state index contributed by atoms with van der Waals surface area (Å²) in [6.07, 6.45) is 2.04. The molecule has 2 atom stereocenters. The zero-order valence-corrected chi connectivity index (χ0v) is 13.2. The van der Waals surface area contributed by atoms with Crippen molar-refractivity contribution in [1.82, 2.24) is 4.90 Å². The monoisotopic (exact) mass is 299 g/mol. The highest BCUT2D eigenvalue weighted by molar-refractivity contribution is 5.75. The molecule has 1 heterocycles. The third kappa shape index (κ3) is 3.15. The number of ether oxygens (including phenoxy) is 2. The maximum atomic E-state index is 12.3. The van der Waals surface area contributed by atoms with Gasteiger partial charge in [0.15, 0.2) is 6.10 Å². The largest absolute Gasteiger partial charge is 0.479 e. The molecule has 2 fully saturated rings. The molecule has 0 aromatic carbocycles. The van der Waals surface area contributed by atoms with Gasteiger partial charge < -0.3 is 19.5 Å². The zero-order chi connectivity index (χ0) is 15.8. The van der Waals surface area contributed by atoms with Crippen LogP contribution in [-0.2, 0) is 14.3 Å². The van der Waals surface area contributed by atoms with Gasteiger partial charge in [-0.3, -0.25) is 0 Å². The van der Waals surface area contributed by atoms with E-state index in [-0.39, 0.29) is 12.1 Å². The molecule has 0 bridgehead atoms. The lowest BCUT2D eigenvalue weighted by molar-refractivity contribution is -0.155. The van der Waals surface area contributed by atoms with Crippen molar-refractivity contribution in [3.63, 3.8) is 0 Å². The van der Waals surface area contributed by atoms with Crippen molar-refractivity contribution in [2.24, 2.45) is 5.41 Å². The molecule has 1 aliphatic heterocycles. The SMILES string of the molecule is COC(C(=O)O)C1(C2CCCN2C(=O)OC(C)(C)C)CC1. The number of carboxylic acids is 1. The lowest BCUT2D eigenvalue weighted by Gasteiger charge is -2.35. The summed E-state index contributed by atoms with van der Waals surface area (Å²) in [6.45, 7) is 6.12. The maximum absolute atomic E-state index is 12.3. The van der Waals surface area contributed by atoms with Crippen molar-refractivity contribution in [2.75, 3.05) is 13.7 Å². The lowest BCUT2D eigenvalue weighted by Crippen LogP contribution is -2.49. The first-order valence-electron chi connectivity index (χ1n) is 7.46. The number of hydrogen-bond donors (Lipinski definition) is 1. The minimum atomic E-state index is -0.953. The number of likely N-dealkylation sites (tertiary alicyclic amines) is 1. The second-order valence-corrected chi connectivity index (χ2v) is 7.02.